The third kappa shape index (κ3) is 4.54. The number of methoxy groups -OCH3 is 1. The number of amides is 1. The number of ether oxygens (including phenoxy) is 1. The van der Waals surface area contributed by atoms with Gasteiger partial charge < -0.3 is 15.0 Å². The van der Waals surface area contributed by atoms with Gasteiger partial charge in [-0.1, -0.05) is 36.4 Å². The first-order valence-corrected chi connectivity index (χ1v) is 9.88. The van der Waals surface area contributed by atoms with Gasteiger partial charge >= 0.3 is 0 Å². The molecule has 0 spiro atoms. The number of nitrogens with zero attached hydrogens (tertiary/aromatic N) is 3. The maximum Gasteiger partial charge on any atom is 0.272 e. The quantitative estimate of drug-likeness (QED) is 0.696. The van der Waals surface area contributed by atoms with Gasteiger partial charge in [0.25, 0.3) is 5.91 Å². The van der Waals surface area contributed by atoms with Crippen LogP contribution in [0.15, 0.2) is 60.7 Å². The molecule has 148 valence electrons. The minimum Gasteiger partial charge on any atom is -0.497 e. The van der Waals surface area contributed by atoms with Gasteiger partial charge in [-0.15, -0.1) is 0 Å². The lowest BCUT2D eigenvalue weighted by molar-refractivity contribution is 0.0718. The molecular weight excluding hydrogens is 364 g/mol. The van der Waals surface area contributed by atoms with Crippen molar-refractivity contribution in [3.05, 3.63) is 66.4 Å². The standard InChI is InChI=1S/C23H24N4O2/c1-29-19-12-8-11-18(15-19)24-21-16-20(23(28)27-13-6-3-7-14-27)25-22(26-21)17-9-4-2-5-10-17/h2,4-5,8-12,15-16H,3,6-7,13-14H2,1H3,(H,24,25,26). The summed E-state index contributed by atoms with van der Waals surface area (Å²) in [4.78, 5) is 24.2. The van der Waals surface area contributed by atoms with Crippen molar-refractivity contribution < 1.29 is 9.53 Å². The van der Waals surface area contributed by atoms with Crippen LogP contribution in [0.25, 0.3) is 11.4 Å². The van der Waals surface area contributed by atoms with Gasteiger partial charge in [-0.3, -0.25) is 4.79 Å². The van der Waals surface area contributed by atoms with Gasteiger partial charge in [0.2, 0.25) is 0 Å². The molecule has 0 unspecified atom stereocenters. The molecule has 1 saturated heterocycles. The van der Waals surface area contributed by atoms with Crippen LogP contribution >= 0.6 is 0 Å². The van der Waals surface area contributed by atoms with Crippen LogP contribution in [-0.4, -0.2) is 41.0 Å². The van der Waals surface area contributed by atoms with Crippen molar-refractivity contribution in [1.29, 1.82) is 0 Å². The highest BCUT2D eigenvalue weighted by Crippen LogP contribution is 2.24. The second-order valence-electron chi connectivity index (χ2n) is 7.04. The molecule has 0 bridgehead atoms. The highest BCUT2D eigenvalue weighted by molar-refractivity contribution is 5.93. The molecule has 3 aromatic rings. The zero-order valence-corrected chi connectivity index (χ0v) is 16.5. The molecular formula is C23H24N4O2. The normalized spacial score (nSPS) is 13.8. The van der Waals surface area contributed by atoms with E-state index in [0.29, 0.717) is 17.3 Å². The van der Waals surface area contributed by atoms with Crippen molar-refractivity contribution in [3.63, 3.8) is 0 Å². The van der Waals surface area contributed by atoms with Gasteiger partial charge in [-0.2, -0.15) is 0 Å². The fourth-order valence-corrected chi connectivity index (χ4v) is 3.44. The van der Waals surface area contributed by atoms with Gasteiger partial charge in [0, 0.05) is 36.5 Å². The molecule has 0 atom stereocenters. The number of hydrogen-bond acceptors (Lipinski definition) is 5. The molecule has 1 aliphatic rings. The molecule has 4 rings (SSSR count). The van der Waals surface area contributed by atoms with Crippen LogP contribution in [-0.2, 0) is 0 Å². The summed E-state index contributed by atoms with van der Waals surface area (Å²) in [5.41, 5.74) is 2.11. The maximum atomic E-state index is 13.1. The minimum atomic E-state index is -0.0435. The first-order chi connectivity index (χ1) is 14.2. The third-order valence-corrected chi connectivity index (χ3v) is 4.96. The Hall–Kier alpha value is -3.41. The second kappa shape index (κ2) is 8.73. The number of aromatic nitrogens is 2. The van der Waals surface area contributed by atoms with Crippen molar-refractivity contribution in [2.75, 3.05) is 25.5 Å². The zero-order valence-electron chi connectivity index (χ0n) is 16.5. The van der Waals surface area contributed by atoms with Crippen molar-refractivity contribution in [2.24, 2.45) is 0 Å². The van der Waals surface area contributed by atoms with Crippen molar-refractivity contribution in [3.8, 4) is 17.1 Å². The molecule has 6 nitrogen and oxygen atoms in total. The van der Waals surface area contributed by atoms with Crippen LogP contribution in [0.1, 0.15) is 29.8 Å². The average Bonchev–Trinajstić information content (AvgIpc) is 2.79. The van der Waals surface area contributed by atoms with Gasteiger partial charge in [0.1, 0.15) is 17.3 Å². The van der Waals surface area contributed by atoms with Crippen LogP contribution in [0.3, 0.4) is 0 Å². The van der Waals surface area contributed by atoms with E-state index in [0.717, 1.165) is 42.9 Å². The van der Waals surface area contributed by atoms with E-state index in [-0.39, 0.29) is 5.91 Å². The molecule has 0 radical (unpaired) electrons. The topological polar surface area (TPSA) is 67.3 Å². The Balaban J connectivity index is 1.70. The predicted octanol–water partition coefficient (Wildman–Crippen LogP) is 4.52. The van der Waals surface area contributed by atoms with E-state index >= 15 is 0 Å². The lowest BCUT2D eigenvalue weighted by Gasteiger charge is -2.26. The Bertz CT molecular complexity index is 985. The lowest BCUT2D eigenvalue weighted by atomic mass is 10.1. The molecule has 1 N–H and O–H groups in total. The lowest BCUT2D eigenvalue weighted by Crippen LogP contribution is -2.36. The van der Waals surface area contributed by atoms with E-state index in [2.05, 4.69) is 15.3 Å². The van der Waals surface area contributed by atoms with E-state index in [1.165, 1.54) is 6.42 Å². The molecule has 1 aromatic heterocycles. The van der Waals surface area contributed by atoms with E-state index in [1.54, 1.807) is 13.2 Å². The SMILES string of the molecule is COc1cccc(Nc2cc(C(=O)N3CCCCC3)nc(-c3ccccc3)n2)c1. The average molecular weight is 388 g/mol. The summed E-state index contributed by atoms with van der Waals surface area (Å²) >= 11 is 0. The Morgan fingerprint density at radius 2 is 1.76 bits per heavy atom. The maximum absolute atomic E-state index is 13.1. The van der Waals surface area contributed by atoms with Gasteiger partial charge in [-0.05, 0) is 31.4 Å². The summed E-state index contributed by atoms with van der Waals surface area (Å²) in [6.45, 7) is 1.56. The number of likely N-dealkylation sites (tertiary alicyclic amines) is 1. The molecule has 6 heteroatoms. The molecule has 1 amide bonds. The van der Waals surface area contributed by atoms with Crippen molar-refractivity contribution >= 4 is 17.4 Å². The number of benzene rings is 2. The molecule has 1 aliphatic heterocycles. The van der Waals surface area contributed by atoms with Crippen LogP contribution in [0.4, 0.5) is 11.5 Å². The van der Waals surface area contributed by atoms with E-state index < -0.39 is 0 Å². The summed E-state index contributed by atoms with van der Waals surface area (Å²) in [6.07, 6.45) is 3.25. The molecule has 0 saturated carbocycles. The molecule has 0 aliphatic carbocycles. The zero-order chi connectivity index (χ0) is 20.1. The molecule has 1 fully saturated rings. The van der Waals surface area contributed by atoms with Crippen LogP contribution in [0.2, 0.25) is 0 Å². The monoisotopic (exact) mass is 388 g/mol. The van der Waals surface area contributed by atoms with Crippen LogP contribution in [0, 0.1) is 0 Å². The summed E-state index contributed by atoms with van der Waals surface area (Å²) in [6, 6.07) is 19.0. The Labute approximate surface area is 170 Å². The predicted molar refractivity (Wildman–Crippen MR) is 113 cm³/mol. The summed E-state index contributed by atoms with van der Waals surface area (Å²) in [5, 5.41) is 3.29. The highest BCUT2D eigenvalue weighted by atomic mass is 16.5. The van der Waals surface area contributed by atoms with E-state index in [9.17, 15) is 4.79 Å². The van der Waals surface area contributed by atoms with Gasteiger partial charge in [0.15, 0.2) is 5.82 Å². The smallest absolute Gasteiger partial charge is 0.272 e. The summed E-state index contributed by atoms with van der Waals surface area (Å²) in [7, 11) is 1.63. The Morgan fingerprint density at radius 3 is 2.52 bits per heavy atom. The minimum absolute atomic E-state index is 0.0435. The number of anilines is 2. The third-order valence-electron chi connectivity index (χ3n) is 4.96. The summed E-state index contributed by atoms with van der Waals surface area (Å²) in [5.74, 6) is 1.81. The van der Waals surface area contributed by atoms with Crippen LogP contribution < -0.4 is 10.1 Å². The first-order valence-electron chi connectivity index (χ1n) is 9.88. The largest absolute Gasteiger partial charge is 0.497 e. The van der Waals surface area contributed by atoms with Gasteiger partial charge in [0.05, 0.1) is 7.11 Å². The molecule has 29 heavy (non-hydrogen) atoms. The van der Waals surface area contributed by atoms with Crippen LogP contribution in [0.5, 0.6) is 5.75 Å². The Kier molecular flexibility index (Phi) is 5.70. The first kappa shape index (κ1) is 18.9. The highest BCUT2D eigenvalue weighted by Gasteiger charge is 2.21. The number of carbonyl (C=O) groups excluding carboxylic acids is 1. The number of nitrogens with one attached hydrogen (secondary N) is 1. The summed E-state index contributed by atoms with van der Waals surface area (Å²) < 4.78 is 5.29. The van der Waals surface area contributed by atoms with E-state index in [4.69, 9.17) is 4.74 Å². The van der Waals surface area contributed by atoms with Gasteiger partial charge in [-0.25, -0.2) is 9.97 Å². The van der Waals surface area contributed by atoms with E-state index in [1.807, 2.05) is 59.5 Å². The van der Waals surface area contributed by atoms with Crippen molar-refractivity contribution in [2.45, 2.75) is 19.3 Å². The Morgan fingerprint density at radius 1 is 0.966 bits per heavy atom. The fraction of sp³-hybridized carbons (Fsp3) is 0.261. The molecule has 2 aromatic carbocycles. The fourth-order valence-electron chi connectivity index (χ4n) is 3.44. The van der Waals surface area contributed by atoms with Crippen molar-refractivity contribution in [1.82, 2.24) is 14.9 Å². The second-order valence-corrected chi connectivity index (χ2v) is 7.04. The number of hydrogen-bond donors (Lipinski definition) is 1. The number of rotatable bonds is 5. The number of carbonyl (C=O) groups is 1. The number of piperidine rings is 1. The molecule has 2 heterocycles.